The lowest BCUT2D eigenvalue weighted by Gasteiger charge is -2.12. The standard InChI is InChI=1S/C10H14N2O/c1-13-10-5-3-2-4-9(10)8-6-11-12-7-8/h2-5,8,11-12H,6-7H2,1H3. The highest BCUT2D eigenvalue weighted by molar-refractivity contribution is 5.37. The Labute approximate surface area is 78.1 Å². The zero-order chi connectivity index (χ0) is 9.10. The van der Waals surface area contributed by atoms with Gasteiger partial charge in [-0.3, -0.25) is 10.9 Å². The largest absolute Gasteiger partial charge is 0.496 e. The van der Waals surface area contributed by atoms with E-state index in [0.717, 1.165) is 18.8 Å². The number of rotatable bonds is 2. The van der Waals surface area contributed by atoms with E-state index < -0.39 is 0 Å². The van der Waals surface area contributed by atoms with Crippen LogP contribution in [0.5, 0.6) is 5.75 Å². The van der Waals surface area contributed by atoms with Gasteiger partial charge in [-0.2, -0.15) is 0 Å². The van der Waals surface area contributed by atoms with Crippen molar-refractivity contribution in [3.63, 3.8) is 0 Å². The van der Waals surface area contributed by atoms with E-state index in [1.165, 1.54) is 5.56 Å². The maximum Gasteiger partial charge on any atom is 0.122 e. The SMILES string of the molecule is COc1ccccc1C1CNNC1. The molecule has 1 aliphatic rings. The molecule has 0 saturated carbocycles. The molecule has 0 unspecified atom stereocenters. The zero-order valence-corrected chi connectivity index (χ0v) is 7.71. The van der Waals surface area contributed by atoms with Gasteiger partial charge in [0.25, 0.3) is 0 Å². The molecular formula is C10H14N2O. The van der Waals surface area contributed by atoms with E-state index in [4.69, 9.17) is 4.74 Å². The van der Waals surface area contributed by atoms with Crippen molar-refractivity contribution in [2.75, 3.05) is 20.2 Å². The number of ether oxygens (including phenoxy) is 1. The molecule has 2 rings (SSSR count). The molecule has 1 saturated heterocycles. The van der Waals surface area contributed by atoms with E-state index in [-0.39, 0.29) is 0 Å². The van der Waals surface area contributed by atoms with Crippen LogP contribution in [0.25, 0.3) is 0 Å². The molecule has 1 heterocycles. The first-order valence-electron chi connectivity index (χ1n) is 4.50. The van der Waals surface area contributed by atoms with Gasteiger partial charge in [0.15, 0.2) is 0 Å². The van der Waals surface area contributed by atoms with Gasteiger partial charge in [-0.25, -0.2) is 0 Å². The van der Waals surface area contributed by atoms with Gasteiger partial charge in [-0.05, 0) is 11.6 Å². The highest BCUT2D eigenvalue weighted by atomic mass is 16.5. The molecule has 0 spiro atoms. The average Bonchev–Trinajstić information content (AvgIpc) is 2.70. The van der Waals surface area contributed by atoms with Crippen molar-refractivity contribution in [2.45, 2.75) is 5.92 Å². The molecule has 0 bridgehead atoms. The number of nitrogens with one attached hydrogen (secondary N) is 2. The van der Waals surface area contributed by atoms with Crippen molar-refractivity contribution in [3.8, 4) is 5.75 Å². The molecule has 1 fully saturated rings. The predicted octanol–water partition coefficient (Wildman–Crippen LogP) is 0.887. The fourth-order valence-corrected chi connectivity index (χ4v) is 1.69. The van der Waals surface area contributed by atoms with Crippen LogP contribution in [0.3, 0.4) is 0 Å². The van der Waals surface area contributed by atoms with E-state index in [1.54, 1.807) is 7.11 Å². The lowest BCUT2D eigenvalue weighted by molar-refractivity contribution is 0.407. The number of hydrazine groups is 1. The Kier molecular flexibility index (Phi) is 2.47. The van der Waals surface area contributed by atoms with Crippen LogP contribution in [0.2, 0.25) is 0 Å². The third kappa shape index (κ3) is 1.66. The summed E-state index contributed by atoms with van der Waals surface area (Å²) in [5.41, 5.74) is 7.51. The molecule has 0 amide bonds. The van der Waals surface area contributed by atoms with Crippen LogP contribution in [0.4, 0.5) is 0 Å². The van der Waals surface area contributed by atoms with Crippen molar-refractivity contribution in [1.29, 1.82) is 0 Å². The van der Waals surface area contributed by atoms with Gasteiger partial charge in [0.1, 0.15) is 5.75 Å². The Morgan fingerprint density at radius 2 is 1.92 bits per heavy atom. The number of para-hydroxylation sites is 1. The van der Waals surface area contributed by atoms with Crippen LogP contribution in [-0.2, 0) is 0 Å². The summed E-state index contributed by atoms with van der Waals surface area (Å²) in [6.45, 7) is 1.95. The molecule has 1 aliphatic heterocycles. The smallest absolute Gasteiger partial charge is 0.122 e. The molecule has 0 aliphatic carbocycles. The number of hydrogen-bond donors (Lipinski definition) is 2. The van der Waals surface area contributed by atoms with E-state index in [0.29, 0.717) is 5.92 Å². The highest BCUT2D eigenvalue weighted by Crippen LogP contribution is 2.26. The van der Waals surface area contributed by atoms with Gasteiger partial charge in [0.05, 0.1) is 7.11 Å². The van der Waals surface area contributed by atoms with Crippen LogP contribution >= 0.6 is 0 Å². The number of hydrogen-bond acceptors (Lipinski definition) is 3. The van der Waals surface area contributed by atoms with Crippen LogP contribution in [0.1, 0.15) is 11.5 Å². The minimum Gasteiger partial charge on any atom is -0.496 e. The molecule has 0 aromatic heterocycles. The number of benzene rings is 1. The van der Waals surface area contributed by atoms with E-state index in [2.05, 4.69) is 23.0 Å². The van der Waals surface area contributed by atoms with E-state index >= 15 is 0 Å². The first-order valence-corrected chi connectivity index (χ1v) is 4.50. The summed E-state index contributed by atoms with van der Waals surface area (Å²) in [6.07, 6.45) is 0. The van der Waals surface area contributed by atoms with Crippen LogP contribution in [0, 0.1) is 0 Å². The average molecular weight is 178 g/mol. The molecule has 1 aromatic carbocycles. The quantitative estimate of drug-likeness (QED) is 0.705. The molecule has 0 radical (unpaired) electrons. The third-order valence-corrected chi connectivity index (χ3v) is 2.40. The van der Waals surface area contributed by atoms with Crippen molar-refractivity contribution >= 4 is 0 Å². The Balaban J connectivity index is 2.26. The van der Waals surface area contributed by atoms with Gasteiger partial charge in [-0.1, -0.05) is 18.2 Å². The summed E-state index contributed by atoms with van der Waals surface area (Å²) in [7, 11) is 1.72. The Hall–Kier alpha value is -1.06. The second-order valence-corrected chi connectivity index (χ2v) is 3.20. The summed E-state index contributed by atoms with van der Waals surface area (Å²) >= 11 is 0. The molecule has 3 nitrogen and oxygen atoms in total. The van der Waals surface area contributed by atoms with Crippen LogP contribution in [0.15, 0.2) is 24.3 Å². The molecule has 13 heavy (non-hydrogen) atoms. The fourth-order valence-electron chi connectivity index (χ4n) is 1.69. The summed E-state index contributed by atoms with van der Waals surface area (Å²) in [6, 6.07) is 8.18. The lowest BCUT2D eigenvalue weighted by Crippen LogP contribution is -2.21. The minimum absolute atomic E-state index is 0.524. The van der Waals surface area contributed by atoms with Crippen molar-refractivity contribution in [3.05, 3.63) is 29.8 Å². The van der Waals surface area contributed by atoms with Crippen molar-refractivity contribution in [2.24, 2.45) is 0 Å². The Morgan fingerprint density at radius 3 is 2.62 bits per heavy atom. The van der Waals surface area contributed by atoms with Gasteiger partial charge in [0, 0.05) is 19.0 Å². The summed E-state index contributed by atoms with van der Waals surface area (Å²) in [5.74, 6) is 1.51. The third-order valence-electron chi connectivity index (χ3n) is 2.40. The second kappa shape index (κ2) is 3.77. The zero-order valence-electron chi connectivity index (χ0n) is 7.71. The maximum atomic E-state index is 5.30. The van der Waals surface area contributed by atoms with Gasteiger partial charge < -0.3 is 4.74 Å². The normalized spacial score (nSPS) is 17.6. The van der Waals surface area contributed by atoms with Crippen LogP contribution in [-0.4, -0.2) is 20.2 Å². The summed E-state index contributed by atoms with van der Waals surface area (Å²) in [4.78, 5) is 0. The maximum absolute atomic E-state index is 5.30. The topological polar surface area (TPSA) is 33.3 Å². The Morgan fingerprint density at radius 1 is 1.23 bits per heavy atom. The number of methoxy groups -OCH3 is 1. The predicted molar refractivity (Wildman–Crippen MR) is 51.7 cm³/mol. The molecule has 1 aromatic rings. The summed E-state index contributed by atoms with van der Waals surface area (Å²) < 4.78 is 5.30. The highest BCUT2D eigenvalue weighted by Gasteiger charge is 2.19. The molecule has 0 atom stereocenters. The monoisotopic (exact) mass is 178 g/mol. The van der Waals surface area contributed by atoms with Gasteiger partial charge in [0.2, 0.25) is 0 Å². The van der Waals surface area contributed by atoms with Crippen molar-refractivity contribution in [1.82, 2.24) is 10.9 Å². The molecule has 2 N–H and O–H groups in total. The van der Waals surface area contributed by atoms with E-state index in [1.807, 2.05) is 12.1 Å². The molecule has 70 valence electrons. The lowest BCUT2D eigenvalue weighted by atomic mass is 9.99. The minimum atomic E-state index is 0.524. The molecule has 3 heteroatoms. The Bertz CT molecular complexity index is 282. The van der Waals surface area contributed by atoms with Crippen LogP contribution < -0.4 is 15.6 Å². The fraction of sp³-hybridized carbons (Fsp3) is 0.400. The first kappa shape index (κ1) is 8.53. The summed E-state index contributed by atoms with van der Waals surface area (Å²) in [5, 5.41) is 0. The van der Waals surface area contributed by atoms with E-state index in [9.17, 15) is 0 Å². The first-order chi connectivity index (χ1) is 6.42. The van der Waals surface area contributed by atoms with Crippen molar-refractivity contribution < 1.29 is 4.74 Å². The second-order valence-electron chi connectivity index (χ2n) is 3.20. The molecular weight excluding hydrogens is 164 g/mol. The van der Waals surface area contributed by atoms with Gasteiger partial charge in [-0.15, -0.1) is 0 Å². The van der Waals surface area contributed by atoms with Gasteiger partial charge >= 0.3 is 0 Å².